The molecule has 100 valence electrons. The average molecular weight is 262 g/mol. The Kier molecular flexibility index (Phi) is 4.55. The highest BCUT2D eigenvalue weighted by molar-refractivity contribution is 7.92. The van der Waals surface area contributed by atoms with Gasteiger partial charge in [0.15, 0.2) is 9.84 Å². The maximum absolute atomic E-state index is 11.8. The maximum atomic E-state index is 11.8. The minimum absolute atomic E-state index is 0.00237. The Hall–Kier alpha value is -0.620. The number of hydrogen-bond donors (Lipinski definition) is 2. The lowest BCUT2D eigenvalue weighted by Crippen LogP contribution is -2.38. The first-order chi connectivity index (χ1) is 7.74. The first-order valence-electron chi connectivity index (χ1n) is 5.95. The molecule has 1 heterocycles. The van der Waals surface area contributed by atoms with Crippen LogP contribution < -0.4 is 10.6 Å². The van der Waals surface area contributed by atoms with Crippen molar-refractivity contribution >= 4 is 15.7 Å². The van der Waals surface area contributed by atoms with E-state index in [2.05, 4.69) is 10.6 Å². The summed E-state index contributed by atoms with van der Waals surface area (Å²) in [6.07, 6.45) is 0.831. The quantitative estimate of drug-likeness (QED) is 0.743. The molecule has 1 amide bonds. The predicted octanol–water partition coefficient (Wildman–Crippen LogP) is -0.0746. The van der Waals surface area contributed by atoms with E-state index in [4.69, 9.17) is 0 Å². The van der Waals surface area contributed by atoms with Gasteiger partial charge in [0.05, 0.1) is 16.4 Å². The summed E-state index contributed by atoms with van der Waals surface area (Å²) in [5.41, 5.74) is 0. The third kappa shape index (κ3) is 3.96. The van der Waals surface area contributed by atoms with Gasteiger partial charge in [-0.2, -0.15) is 0 Å². The van der Waals surface area contributed by atoms with Crippen LogP contribution in [0.5, 0.6) is 0 Å². The molecular weight excluding hydrogens is 240 g/mol. The second-order valence-electron chi connectivity index (χ2n) is 5.41. The number of carbonyl (C=O) groups is 1. The van der Waals surface area contributed by atoms with Gasteiger partial charge < -0.3 is 10.6 Å². The summed E-state index contributed by atoms with van der Waals surface area (Å²) in [6.45, 7) is 6.77. The Morgan fingerprint density at radius 2 is 2.06 bits per heavy atom. The molecule has 1 aliphatic heterocycles. The molecule has 0 aromatic heterocycles. The third-order valence-corrected chi connectivity index (χ3v) is 5.64. The maximum Gasteiger partial charge on any atom is 0.224 e. The smallest absolute Gasteiger partial charge is 0.224 e. The van der Waals surface area contributed by atoms with E-state index in [1.54, 1.807) is 20.8 Å². The lowest BCUT2D eigenvalue weighted by atomic mass is 10.1. The van der Waals surface area contributed by atoms with Crippen LogP contribution >= 0.6 is 0 Å². The standard InChI is InChI=1S/C11H22N2O3S/c1-11(2,3)17(15,16)7-6-13-10(14)9-4-5-12-8-9/h9,12H,4-8H2,1-3H3,(H,13,14). The van der Waals surface area contributed by atoms with Gasteiger partial charge in [0.25, 0.3) is 0 Å². The van der Waals surface area contributed by atoms with E-state index in [1.807, 2.05) is 0 Å². The first-order valence-corrected chi connectivity index (χ1v) is 7.60. The molecular formula is C11H22N2O3S. The fraction of sp³-hybridized carbons (Fsp3) is 0.909. The number of hydrogen-bond acceptors (Lipinski definition) is 4. The zero-order valence-electron chi connectivity index (χ0n) is 10.7. The summed E-state index contributed by atoms with van der Waals surface area (Å²) in [5.74, 6) is -0.0472. The molecule has 1 saturated heterocycles. The van der Waals surface area contributed by atoms with Gasteiger partial charge in [0.2, 0.25) is 5.91 Å². The number of carbonyl (C=O) groups excluding carboxylic acids is 1. The van der Waals surface area contributed by atoms with Crippen molar-refractivity contribution in [3.8, 4) is 0 Å². The molecule has 0 saturated carbocycles. The van der Waals surface area contributed by atoms with Gasteiger partial charge in [-0.3, -0.25) is 4.79 Å². The second-order valence-corrected chi connectivity index (χ2v) is 8.27. The third-order valence-electron chi connectivity index (χ3n) is 3.03. The van der Waals surface area contributed by atoms with Crippen molar-refractivity contribution in [1.29, 1.82) is 0 Å². The molecule has 1 unspecified atom stereocenters. The Bertz CT molecular complexity index is 365. The fourth-order valence-corrected chi connectivity index (χ4v) is 2.62. The minimum Gasteiger partial charge on any atom is -0.355 e. The Morgan fingerprint density at radius 1 is 1.41 bits per heavy atom. The van der Waals surface area contributed by atoms with Gasteiger partial charge in [-0.25, -0.2) is 8.42 Å². The molecule has 5 nitrogen and oxygen atoms in total. The van der Waals surface area contributed by atoms with Crippen LogP contribution in [0.2, 0.25) is 0 Å². The van der Waals surface area contributed by atoms with Crippen molar-refractivity contribution in [3.63, 3.8) is 0 Å². The first kappa shape index (κ1) is 14.4. The molecule has 1 rings (SSSR count). The van der Waals surface area contributed by atoms with Crippen LogP contribution in [0.3, 0.4) is 0 Å². The summed E-state index contributed by atoms with van der Waals surface area (Å²) >= 11 is 0. The van der Waals surface area contributed by atoms with E-state index in [-0.39, 0.29) is 24.1 Å². The molecule has 17 heavy (non-hydrogen) atoms. The molecule has 1 atom stereocenters. The van der Waals surface area contributed by atoms with Gasteiger partial charge in [-0.05, 0) is 33.7 Å². The van der Waals surface area contributed by atoms with Crippen LogP contribution in [-0.4, -0.2) is 44.5 Å². The molecule has 0 bridgehead atoms. The normalized spacial score (nSPS) is 21.5. The lowest BCUT2D eigenvalue weighted by Gasteiger charge is -2.19. The van der Waals surface area contributed by atoms with Crippen molar-refractivity contribution in [2.75, 3.05) is 25.4 Å². The summed E-state index contributed by atoms with van der Waals surface area (Å²) in [4.78, 5) is 11.6. The summed E-state index contributed by atoms with van der Waals surface area (Å²) in [6, 6.07) is 0. The van der Waals surface area contributed by atoms with Crippen LogP contribution in [0.25, 0.3) is 0 Å². The fourth-order valence-electron chi connectivity index (χ4n) is 1.64. The summed E-state index contributed by atoms with van der Waals surface area (Å²) < 4.78 is 22.8. The molecule has 0 spiro atoms. The highest BCUT2D eigenvalue weighted by atomic mass is 32.2. The zero-order chi connectivity index (χ0) is 13.1. The van der Waals surface area contributed by atoms with Crippen LogP contribution in [0.1, 0.15) is 27.2 Å². The lowest BCUT2D eigenvalue weighted by molar-refractivity contribution is -0.124. The molecule has 0 aliphatic carbocycles. The highest BCUT2D eigenvalue weighted by Crippen LogP contribution is 2.15. The van der Waals surface area contributed by atoms with Crippen LogP contribution in [0.15, 0.2) is 0 Å². The SMILES string of the molecule is CC(C)(C)S(=O)(=O)CCNC(=O)C1CCNC1. The van der Waals surface area contributed by atoms with Crippen molar-refractivity contribution in [1.82, 2.24) is 10.6 Å². The monoisotopic (exact) mass is 262 g/mol. The van der Waals surface area contributed by atoms with Crippen molar-refractivity contribution < 1.29 is 13.2 Å². The predicted molar refractivity (Wildman–Crippen MR) is 67.5 cm³/mol. The van der Waals surface area contributed by atoms with E-state index in [1.165, 1.54) is 0 Å². The number of rotatable bonds is 4. The molecule has 2 N–H and O–H groups in total. The van der Waals surface area contributed by atoms with Gasteiger partial charge in [0.1, 0.15) is 0 Å². The molecule has 0 aromatic carbocycles. The van der Waals surface area contributed by atoms with E-state index in [9.17, 15) is 13.2 Å². The molecule has 0 aromatic rings. The Morgan fingerprint density at radius 3 is 2.53 bits per heavy atom. The molecule has 1 fully saturated rings. The molecule has 6 heteroatoms. The van der Waals surface area contributed by atoms with Gasteiger partial charge >= 0.3 is 0 Å². The van der Waals surface area contributed by atoms with E-state index in [0.717, 1.165) is 13.0 Å². The zero-order valence-corrected chi connectivity index (χ0v) is 11.6. The van der Waals surface area contributed by atoms with E-state index >= 15 is 0 Å². The average Bonchev–Trinajstić information content (AvgIpc) is 2.67. The summed E-state index contributed by atoms with van der Waals surface area (Å²) in [7, 11) is -3.15. The largest absolute Gasteiger partial charge is 0.355 e. The van der Waals surface area contributed by atoms with Gasteiger partial charge in [-0.15, -0.1) is 0 Å². The minimum atomic E-state index is -3.15. The Labute approximate surface area is 103 Å². The number of nitrogens with one attached hydrogen (secondary N) is 2. The second kappa shape index (κ2) is 5.35. The number of amides is 1. The van der Waals surface area contributed by atoms with Crippen LogP contribution in [0, 0.1) is 5.92 Å². The van der Waals surface area contributed by atoms with Gasteiger partial charge in [0, 0.05) is 13.1 Å². The molecule has 1 aliphatic rings. The van der Waals surface area contributed by atoms with E-state index < -0.39 is 14.6 Å². The van der Waals surface area contributed by atoms with E-state index in [0.29, 0.717) is 6.54 Å². The summed E-state index contributed by atoms with van der Waals surface area (Å²) in [5, 5.41) is 5.80. The topological polar surface area (TPSA) is 75.3 Å². The van der Waals surface area contributed by atoms with Crippen LogP contribution in [-0.2, 0) is 14.6 Å². The van der Waals surface area contributed by atoms with Crippen molar-refractivity contribution in [3.05, 3.63) is 0 Å². The van der Waals surface area contributed by atoms with Crippen LogP contribution in [0.4, 0.5) is 0 Å². The molecule has 0 radical (unpaired) electrons. The number of sulfone groups is 1. The van der Waals surface area contributed by atoms with Crippen molar-refractivity contribution in [2.24, 2.45) is 5.92 Å². The highest BCUT2D eigenvalue weighted by Gasteiger charge is 2.29. The van der Waals surface area contributed by atoms with Gasteiger partial charge in [-0.1, -0.05) is 0 Å². The Balaban J connectivity index is 2.35. The van der Waals surface area contributed by atoms with Crippen molar-refractivity contribution in [2.45, 2.75) is 31.9 Å².